The fourth-order valence-electron chi connectivity index (χ4n) is 2.01. The largest absolute Gasteiger partial charge is 0.469 e. The Morgan fingerprint density at radius 2 is 1.89 bits per heavy atom. The lowest BCUT2D eigenvalue weighted by Gasteiger charge is -2.14. The van der Waals surface area contributed by atoms with E-state index in [4.69, 9.17) is 4.42 Å². The van der Waals surface area contributed by atoms with E-state index in [1.54, 1.807) is 13.2 Å². The summed E-state index contributed by atoms with van der Waals surface area (Å²) >= 11 is 0. The number of amides is 1. The molecule has 1 heterocycles. The quantitative estimate of drug-likeness (QED) is 0.897. The molecule has 2 aromatic rings. The third-order valence-electron chi connectivity index (χ3n) is 3.03. The molecule has 0 fully saturated rings. The van der Waals surface area contributed by atoms with Gasteiger partial charge in [-0.3, -0.25) is 4.79 Å². The van der Waals surface area contributed by atoms with E-state index in [1.165, 1.54) is 0 Å². The van der Waals surface area contributed by atoms with E-state index in [0.717, 1.165) is 11.1 Å². The Bertz CT molecular complexity index is 523. The average molecular weight is 243 g/mol. The number of nitrogens with one attached hydrogen (secondary N) is 1. The minimum absolute atomic E-state index is 0.0209. The van der Waals surface area contributed by atoms with Gasteiger partial charge in [0.2, 0.25) is 0 Å². The first-order valence-corrected chi connectivity index (χ1v) is 6.00. The van der Waals surface area contributed by atoms with Crippen molar-refractivity contribution < 1.29 is 9.21 Å². The van der Waals surface area contributed by atoms with Crippen LogP contribution in [0.1, 0.15) is 40.2 Å². The van der Waals surface area contributed by atoms with Gasteiger partial charge in [-0.1, -0.05) is 30.3 Å². The fraction of sp³-hybridized carbons (Fsp3) is 0.267. The molecule has 0 aliphatic heterocycles. The number of rotatable bonds is 3. The van der Waals surface area contributed by atoms with Crippen LogP contribution in [0, 0.1) is 13.8 Å². The van der Waals surface area contributed by atoms with E-state index in [9.17, 15) is 4.79 Å². The van der Waals surface area contributed by atoms with Crippen LogP contribution in [0.4, 0.5) is 0 Å². The molecule has 0 spiro atoms. The topological polar surface area (TPSA) is 42.2 Å². The van der Waals surface area contributed by atoms with Crippen LogP contribution in [0.5, 0.6) is 0 Å². The van der Waals surface area contributed by atoms with Crippen LogP contribution in [0.15, 0.2) is 41.0 Å². The number of hydrogen-bond donors (Lipinski definition) is 1. The van der Waals surface area contributed by atoms with Crippen molar-refractivity contribution in [3.05, 3.63) is 59.0 Å². The van der Waals surface area contributed by atoms with Crippen LogP contribution in [0.2, 0.25) is 0 Å². The third kappa shape index (κ3) is 2.45. The summed E-state index contributed by atoms with van der Waals surface area (Å²) in [5, 5.41) is 2.98. The number of furan rings is 1. The highest BCUT2D eigenvalue weighted by atomic mass is 16.3. The Hall–Kier alpha value is -2.03. The Morgan fingerprint density at radius 1 is 1.22 bits per heavy atom. The zero-order chi connectivity index (χ0) is 13.1. The first-order valence-electron chi connectivity index (χ1n) is 6.00. The van der Waals surface area contributed by atoms with E-state index in [0.29, 0.717) is 11.3 Å². The lowest BCUT2D eigenvalue weighted by atomic mass is 10.1. The highest BCUT2D eigenvalue weighted by Gasteiger charge is 2.17. The Morgan fingerprint density at radius 3 is 2.44 bits per heavy atom. The Labute approximate surface area is 107 Å². The molecule has 18 heavy (non-hydrogen) atoms. The van der Waals surface area contributed by atoms with Gasteiger partial charge in [-0.15, -0.1) is 0 Å². The molecule has 3 nitrogen and oxygen atoms in total. The zero-order valence-electron chi connectivity index (χ0n) is 10.9. The first-order chi connectivity index (χ1) is 8.59. The summed E-state index contributed by atoms with van der Waals surface area (Å²) in [4.78, 5) is 12.2. The third-order valence-corrected chi connectivity index (χ3v) is 3.03. The second-order valence-electron chi connectivity index (χ2n) is 4.46. The number of hydrogen-bond acceptors (Lipinski definition) is 2. The van der Waals surface area contributed by atoms with Crippen molar-refractivity contribution in [2.24, 2.45) is 0 Å². The fourth-order valence-corrected chi connectivity index (χ4v) is 2.01. The Kier molecular flexibility index (Phi) is 3.51. The second kappa shape index (κ2) is 5.08. The van der Waals surface area contributed by atoms with Crippen LogP contribution in [-0.2, 0) is 0 Å². The highest BCUT2D eigenvalue weighted by molar-refractivity contribution is 5.96. The Balaban J connectivity index is 2.13. The van der Waals surface area contributed by atoms with Gasteiger partial charge in [0.15, 0.2) is 0 Å². The normalized spacial score (nSPS) is 12.2. The molecular weight excluding hydrogens is 226 g/mol. The molecule has 1 amide bonds. The maximum atomic E-state index is 12.2. The van der Waals surface area contributed by atoms with Gasteiger partial charge in [0, 0.05) is 5.56 Å². The van der Waals surface area contributed by atoms with Crippen LogP contribution in [-0.4, -0.2) is 5.91 Å². The van der Waals surface area contributed by atoms with E-state index < -0.39 is 0 Å². The second-order valence-corrected chi connectivity index (χ2v) is 4.46. The van der Waals surface area contributed by atoms with Crippen molar-refractivity contribution in [2.45, 2.75) is 26.8 Å². The van der Waals surface area contributed by atoms with Gasteiger partial charge in [0.05, 0.1) is 17.9 Å². The van der Waals surface area contributed by atoms with E-state index in [-0.39, 0.29) is 11.9 Å². The van der Waals surface area contributed by atoms with Gasteiger partial charge in [0.25, 0.3) is 5.91 Å². The van der Waals surface area contributed by atoms with Crippen LogP contribution in [0.25, 0.3) is 0 Å². The molecule has 2 rings (SSSR count). The molecule has 1 N–H and O–H groups in total. The zero-order valence-corrected chi connectivity index (χ0v) is 10.9. The number of aryl methyl sites for hydroxylation is 2. The molecule has 1 aromatic carbocycles. The van der Waals surface area contributed by atoms with Crippen molar-refractivity contribution >= 4 is 5.91 Å². The van der Waals surface area contributed by atoms with Gasteiger partial charge in [0.1, 0.15) is 5.76 Å². The molecule has 1 atom stereocenters. The standard InChI is InChI=1S/C15H17NO2/c1-10-9-18-12(3)14(10)15(17)16-11(2)13-7-5-4-6-8-13/h4-9,11H,1-3H3,(H,16,17). The number of carbonyl (C=O) groups excluding carboxylic acids is 1. The molecule has 0 bridgehead atoms. The van der Waals surface area contributed by atoms with Crippen molar-refractivity contribution in [3.63, 3.8) is 0 Å². The molecule has 1 unspecified atom stereocenters. The molecule has 0 aliphatic carbocycles. The maximum absolute atomic E-state index is 12.2. The minimum Gasteiger partial charge on any atom is -0.469 e. The lowest BCUT2D eigenvalue weighted by molar-refractivity contribution is 0.0938. The van der Waals surface area contributed by atoms with Gasteiger partial charge in [-0.05, 0) is 26.3 Å². The number of benzene rings is 1. The van der Waals surface area contributed by atoms with Crippen LogP contribution < -0.4 is 5.32 Å². The van der Waals surface area contributed by atoms with Gasteiger partial charge >= 0.3 is 0 Å². The molecule has 94 valence electrons. The lowest BCUT2D eigenvalue weighted by Crippen LogP contribution is -2.27. The maximum Gasteiger partial charge on any atom is 0.255 e. The van der Waals surface area contributed by atoms with Gasteiger partial charge < -0.3 is 9.73 Å². The van der Waals surface area contributed by atoms with Crippen molar-refractivity contribution in [1.29, 1.82) is 0 Å². The van der Waals surface area contributed by atoms with Crippen LogP contribution >= 0.6 is 0 Å². The molecular formula is C15H17NO2. The monoisotopic (exact) mass is 243 g/mol. The van der Waals surface area contributed by atoms with Crippen molar-refractivity contribution in [3.8, 4) is 0 Å². The summed E-state index contributed by atoms with van der Waals surface area (Å²) in [6, 6.07) is 9.87. The SMILES string of the molecule is Cc1coc(C)c1C(=O)NC(C)c1ccccc1. The van der Waals surface area contributed by atoms with Crippen molar-refractivity contribution in [1.82, 2.24) is 5.32 Å². The molecule has 3 heteroatoms. The molecule has 0 aliphatic rings. The van der Waals surface area contributed by atoms with E-state index >= 15 is 0 Å². The molecule has 1 aromatic heterocycles. The summed E-state index contributed by atoms with van der Waals surface area (Å²) in [5.74, 6) is 0.570. The number of carbonyl (C=O) groups is 1. The smallest absolute Gasteiger partial charge is 0.255 e. The van der Waals surface area contributed by atoms with E-state index in [2.05, 4.69) is 5.32 Å². The van der Waals surface area contributed by atoms with Crippen molar-refractivity contribution in [2.75, 3.05) is 0 Å². The first kappa shape index (κ1) is 12.4. The summed E-state index contributed by atoms with van der Waals surface area (Å²) in [6.07, 6.45) is 1.61. The minimum atomic E-state index is -0.0879. The van der Waals surface area contributed by atoms with Gasteiger partial charge in [-0.25, -0.2) is 0 Å². The molecule has 0 saturated carbocycles. The summed E-state index contributed by atoms with van der Waals surface area (Å²) in [7, 11) is 0. The predicted molar refractivity (Wildman–Crippen MR) is 70.5 cm³/mol. The van der Waals surface area contributed by atoms with E-state index in [1.807, 2.05) is 44.2 Å². The molecule has 0 saturated heterocycles. The van der Waals surface area contributed by atoms with Crippen LogP contribution in [0.3, 0.4) is 0 Å². The highest BCUT2D eigenvalue weighted by Crippen LogP contribution is 2.18. The summed E-state index contributed by atoms with van der Waals surface area (Å²) in [5.41, 5.74) is 2.59. The average Bonchev–Trinajstić information content (AvgIpc) is 2.70. The summed E-state index contributed by atoms with van der Waals surface area (Å²) < 4.78 is 5.24. The predicted octanol–water partition coefficient (Wildman–Crippen LogP) is 3.39. The van der Waals surface area contributed by atoms with Gasteiger partial charge in [-0.2, -0.15) is 0 Å². The summed E-state index contributed by atoms with van der Waals surface area (Å²) in [6.45, 7) is 5.64. The molecule has 0 radical (unpaired) electrons.